The van der Waals surface area contributed by atoms with E-state index in [1.54, 1.807) is 17.4 Å². The third-order valence-corrected chi connectivity index (χ3v) is 4.29. The summed E-state index contributed by atoms with van der Waals surface area (Å²) in [6.45, 7) is 0. The maximum atomic E-state index is 11.9. The highest BCUT2D eigenvalue weighted by atomic mass is 79.9. The molecule has 0 atom stereocenters. The fourth-order valence-electron chi connectivity index (χ4n) is 1.66. The number of aryl methyl sites for hydroxylation is 1. The Morgan fingerprint density at radius 2 is 2.10 bits per heavy atom. The predicted octanol–water partition coefficient (Wildman–Crippen LogP) is 3.78. The average Bonchev–Trinajstić information content (AvgIpc) is 2.92. The number of nitrogens with one attached hydrogen (secondary N) is 1. The van der Waals surface area contributed by atoms with Gasteiger partial charge in [0.15, 0.2) is 0 Å². The van der Waals surface area contributed by atoms with Crippen molar-refractivity contribution in [3.05, 3.63) is 50.6 Å². The van der Waals surface area contributed by atoms with Crippen molar-refractivity contribution in [3.63, 3.8) is 0 Å². The van der Waals surface area contributed by atoms with E-state index >= 15 is 0 Å². The molecule has 0 bridgehead atoms. The number of carboxylic acids is 1. The number of hydrogen-bond acceptors (Lipinski definition) is 3. The summed E-state index contributed by atoms with van der Waals surface area (Å²) in [6.07, 6.45) is 1.05. The van der Waals surface area contributed by atoms with Crippen LogP contribution < -0.4 is 5.32 Å². The van der Waals surface area contributed by atoms with Crippen molar-refractivity contribution >= 4 is 44.8 Å². The van der Waals surface area contributed by atoms with Gasteiger partial charge in [0.25, 0.3) is 0 Å². The second kappa shape index (κ2) is 6.67. The third kappa shape index (κ3) is 3.91. The summed E-state index contributed by atoms with van der Waals surface area (Å²) in [7, 11) is 0. The van der Waals surface area contributed by atoms with Crippen molar-refractivity contribution in [2.24, 2.45) is 0 Å². The SMILES string of the molecule is O=C(CCc1cccs1)Nc1cc(C(=O)O)ccc1Br. The number of anilines is 1. The minimum absolute atomic E-state index is 0.137. The fraction of sp³-hybridized carbons (Fsp3) is 0.143. The van der Waals surface area contributed by atoms with E-state index in [1.165, 1.54) is 12.1 Å². The molecule has 0 radical (unpaired) electrons. The summed E-state index contributed by atoms with van der Waals surface area (Å²) in [5, 5.41) is 13.6. The Labute approximate surface area is 128 Å². The Kier molecular flexibility index (Phi) is 4.92. The quantitative estimate of drug-likeness (QED) is 0.859. The number of rotatable bonds is 5. The predicted molar refractivity (Wildman–Crippen MR) is 82.4 cm³/mol. The first-order chi connectivity index (χ1) is 9.56. The summed E-state index contributed by atoms with van der Waals surface area (Å²) < 4.78 is 0.659. The standard InChI is InChI=1S/C14H12BrNO3S/c15-11-5-3-9(14(18)19)8-12(11)16-13(17)6-4-10-2-1-7-20-10/h1-3,5,7-8H,4,6H2,(H,16,17)(H,18,19). The van der Waals surface area contributed by atoms with Gasteiger partial charge in [0.1, 0.15) is 0 Å². The maximum Gasteiger partial charge on any atom is 0.335 e. The fourth-order valence-corrected chi connectivity index (χ4v) is 2.71. The Morgan fingerprint density at radius 3 is 2.75 bits per heavy atom. The number of carbonyl (C=O) groups excluding carboxylic acids is 1. The normalized spacial score (nSPS) is 10.2. The number of benzene rings is 1. The molecule has 0 unspecified atom stereocenters. The van der Waals surface area contributed by atoms with Crippen LogP contribution in [0.5, 0.6) is 0 Å². The van der Waals surface area contributed by atoms with Gasteiger partial charge in [-0.05, 0) is 52.0 Å². The molecule has 0 spiro atoms. The largest absolute Gasteiger partial charge is 0.478 e. The summed E-state index contributed by atoms with van der Waals surface area (Å²) in [5.74, 6) is -1.16. The minimum atomic E-state index is -1.02. The molecule has 1 aromatic heterocycles. The van der Waals surface area contributed by atoms with Crippen LogP contribution in [0.1, 0.15) is 21.7 Å². The van der Waals surface area contributed by atoms with Crippen LogP contribution in [0.3, 0.4) is 0 Å². The van der Waals surface area contributed by atoms with E-state index in [-0.39, 0.29) is 11.5 Å². The monoisotopic (exact) mass is 353 g/mol. The first kappa shape index (κ1) is 14.7. The number of amides is 1. The number of hydrogen-bond donors (Lipinski definition) is 2. The van der Waals surface area contributed by atoms with Crippen LogP contribution in [0.4, 0.5) is 5.69 Å². The lowest BCUT2D eigenvalue weighted by Crippen LogP contribution is -2.13. The molecule has 104 valence electrons. The van der Waals surface area contributed by atoms with Crippen LogP contribution in [-0.2, 0) is 11.2 Å². The van der Waals surface area contributed by atoms with E-state index in [2.05, 4.69) is 21.2 Å². The van der Waals surface area contributed by atoms with Crippen LogP contribution >= 0.6 is 27.3 Å². The zero-order valence-electron chi connectivity index (χ0n) is 10.4. The van der Waals surface area contributed by atoms with E-state index in [1.807, 2.05) is 17.5 Å². The number of halogens is 1. The van der Waals surface area contributed by atoms with E-state index in [9.17, 15) is 9.59 Å². The molecule has 2 N–H and O–H groups in total. The molecule has 0 aliphatic carbocycles. The second-order valence-corrected chi connectivity index (χ2v) is 6.01. The maximum absolute atomic E-state index is 11.9. The molecule has 0 saturated heterocycles. The number of aromatic carboxylic acids is 1. The molecule has 6 heteroatoms. The molecule has 1 amide bonds. The zero-order chi connectivity index (χ0) is 14.5. The van der Waals surface area contributed by atoms with Crippen molar-refractivity contribution in [1.29, 1.82) is 0 Å². The number of carboxylic acid groups (broad SMARTS) is 1. The van der Waals surface area contributed by atoms with Gasteiger partial charge in [0.05, 0.1) is 11.3 Å². The molecule has 0 aliphatic rings. The topological polar surface area (TPSA) is 66.4 Å². The summed E-state index contributed by atoms with van der Waals surface area (Å²) in [6, 6.07) is 8.46. The molecule has 0 aliphatic heterocycles. The van der Waals surface area contributed by atoms with Gasteiger partial charge in [-0.15, -0.1) is 11.3 Å². The van der Waals surface area contributed by atoms with Crippen LogP contribution in [0, 0.1) is 0 Å². The van der Waals surface area contributed by atoms with Crippen LogP contribution in [0.25, 0.3) is 0 Å². The Balaban J connectivity index is 2.00. The lowest BCUT2D eigenvalue weighted by molar-refractivity contribution is -0.116. The van der Waals surface area contributed by atoms with Crippen LogP contribution in [0.15, 0.2) is 40.2 Å². The highest BCUT2D eigenvalue weighted by Gasteiger charge is 2.10. The molecule has 2 aromatic rings. The van der Waals surface area contributed by atoms with Gasteiger partial charge in [-0.2, -0.15) is 0 Å². The summed E-state index contributed by atoms with van der Waals surface area (Å²) in [4.78, 5) is 23.9. The highest BCUT2D eigenvalue weighted by molar-refractivity contribution is 9.10. The smallest absolute Gasteiger partial charge is 0.335 e. The summed E-state index contributed by atoms with van der Waals surface area (Å²) >= 11 is 4.91. The molecule has 0 saturated carbocycles. The molecule has 0 fully saturated rings. The van der Waals surface area contributed by atoms with Crippen molar-refractivity contribution < 1.29 is 14.7 Å². The van der Waals surface area contributed by atoms with Gasteiger partial charge in [-0.25, -0.2) is 4.79 Å². The van der Waals surface area contributed by atoms with Gasteiger partial charge < -0.3 is 10.4 Å². The lowest BCUT2D eigenvalue weighted by Gasteiger charge is -2.08. The van der Waals surface area contributed by atoms with Crippen molar-refractivity contribution in [1.82, 2.24) is 0 Å². The van der Waals surface area contributed by atoms with Crippen LogP contribution in [-0.4, -0.2) is 17.0 Å². The Bertz CT molecular complexity index is 625. The van der Waals surface area contributed by atoms with Crippen LogP contribution in [0.2, 0.25) is 0 Å². The molecular weight excluding hydrogens is 342 g/mol. The molecule has 20 heavy (non-hydrogen) atoms. The lowest BCUT2D eigenvalue weighted by atomic mass is 10.2. The van der Waals surface area contributed by atoms with Gasteiger partial charge in [0.2, 0.25) is 5.91 Å². The number of thiophene rings is 1. The van der Waals surface area contributed by atoms with Crippen molar-refractivity contribution in [3.8, 4) is 0 Å². The number of carbonyl (C=O) groups is 2. The Morgan fingerprint density at radius 1 is 1.30 bits per heavy atom. The molecule has 1 heterocycles. The van der Waals surface area contributed by atoms with Gasteiger partial charge in [-0.1, -0.05) is 6.07 Å². The molecule has 2 rings (SSSR count). The van der Waals surface area contributed by atoms with Gasteiger partial charge in [-0.3, -0.25) is 4.79 Å². The van der Waals surface area contributed by atoms with Gasteiger partial charge >= 0.3 is 5.97 Å². The van der Waals surface area contributed by atoms with Crippen molar-refractivity contribution in [2.45, 2.75) is 12.8 Å². The Hall–Kier alpha value is -1.66. The highest BCUT2D eigenvalue weighted by Crippen LogP contribution is 2.24. The summed E-state index contributed by atoms with van der Waals surface area (Å²) in [5.41, 5.74) is 0.614. The first-order valence-electron chi connectivity index (χ1n) is 5.91. The molecule has 1 aromatic carbocycles. The van der Waals surface area contributed by atoms with Gasteiger partial charge in [0, 0.05) is 15.8 Å². The molecule has 4 nitrogen and oxygen atoms in total. The molecular formula is C14H12BrNO3S. The van der Waals surface area contributed by atoms with E-state index < -0.39 is 5.97 Å². The average molecular weight is 354 g/mol. The van der Waals surface area contributed by atoms with E-state index in [0.29, 0.717) is 23.0 Å². The third-order valence-electron chi connectivity index (χ3n) is 2.67. The first-order valence-corrected chi connectivity index (χ1v) is 7.58. The second-order valence-electron chi connectivity index (χ2n) is 4.13. The minimum Gasteiger partial charge on any atom is -0.478 e. The van der Waals surface area contributed by atoms with E-state index in [4.69, 9.17) is 5.11 Å². The van der Waals surface area contributed by atoms with Crippen molar-refractivity contribution in [2.75, 3.05) is 5.32 Å². The van der Waals surface area contributed by atoms with E-state index in [0.717, 1.165) is 4.88 Å². The zero-order valence-corrected chi connectivity index (χ0v) is 12.8.